The quantitative estimate of drug-likeness (QED) is 0.788. The molecule has 0 saturated heterocycles. The zero-order chi connectivity index (χ0) is 12.4. The zero-order valence-electron chi connectivity index (χ0n) is 10.6. The van der Waals surface area contributed by atoms with Crippen LogP contribution in [0.3, 0.4) is 0 Å². The van der Waals surface area contributed by atoms with Gasteiger partial charge in [-0.15, -0.1) is 0 Å². The minimum Gasteiger partial charge on any atom is -0.507 e. The molecule has 0 heterocycles. The Hall–Kier alpha value is -1.31. The summed E-state index contributed by atoms with van der Waals surface area (Å²) in [7, 11) is 0. The fraction of sp³-hybridized carbons (Fsp3) is 0.533. The van der Waals surface area contributed by atoms with Crippen molar-refractivity contribution in [3.63, 3.8) is 0 Å². The second-order valence-electron chi connectivity index (χ2n) is 5.16. The summed E-state index contributed by atoms with van der Waals surface area (Å²) >= 11 is 0. The van der Waals surface area contributed by atoms with Crippen molar-refractivity contribution in [1.29, 1.82) is 0 Å². The molecule has 1 fully saturated rings. The van der Waals surface area contributed by atoms with Crippen LogP contribution in [-0.4, -0.2) is 10.9 Å². The molecule has 1 aromatic carbocycles. The zero-order valence-corrected chi connectivity index (χ0v) is 10.6. The maximum absolute atomic E-state index is 12.3. The fourth-order valence-corrected chi connectivity index (χ4v) is 2.70. The third kappa shape index (κ3) is 2.51. The third-order valence-corrected chi connectivity index (χ3v) is 3.75. The van der Waals surface area contributed by atoms with Crippen molar-refractivity contribution in [2.24, 2.45) is 5.92 Å². The number of aryl methyl sites for hydroxylation is 2. The van der Waals surface area contributed by atoms with Crippen molar-refractivity contribution in [2.45, 2.75) is 46.0 Å². The van der Waals surface area contributed by atoms with Crippen molar-refractivity contribution < 1.29 is 9.90 Å². The van der Waals surface area contributed by atoms with E-state index in [1.165, 1.54) is 19.3 Å². The molecule has 1 aliphatic rings. The molecule has 1 saturated carbocycles. The van der Waals surface area contributed by atoms with Gasteiger partial charge in [-0.2, -0.15) is 0 Å². The van der Waals surface area contributed by atoms with Gasteiger partial charge in [0.15, 0.2) is 5.78 Å². The van der Waals surface area contributed by atoms with Crippen LogP contribution in [0.4, 0.5) is 0 Å². The molecule has 1 aliphatic carbocycles. The SMILES string of the molecule is Cc1cc(C(=O)C2CCCCC2)cc(C)c1O. The molecule has 0 aromatic heterocycles. The monoisotopic (exact) mass is 232 g/mol. The number of hydrogen-bond donors (Lipinski definition) is 1. The normalized spacial score (nSPS) is 17.1. The number of aromatic hydroxyl groups is 1. The molecule has 1 N–H and O–H groups in total. The Morgan fingerprint density at radius 3 is 2.18 bits per heavy atom. The van der Waals surface area contributed by atoms with Crippen LogP contribution in [0.1, 0.15) is 53.6 Å². The number of carbonyl (C=O) groups excluding carboxylic acids is 1. The highest BCUT2D eigenvalue weighted by Gasteiger charge is 2.23. The number of ketones is 1. The average Bonchev–Trinajstić information content (AvgIpc) is 2.35. The Balaban J connectivity index is 2.24. The van der Waals surface area contributed by atoms with Gasteiger partial charge in [0, 0.05) is 11.5 Å². The Morgan fingerprint density at radius 1 is 1.12 bits per heavy atom. The van der Waals surface area contributed by atoms with Gasteiger partial charge < -0.3 is 5.11 Å². The topological polar surface area (TPSA) is 37.3 Å². The second kappa shape index (κ2) is 4.91. The molecule has 92 valence electrons. The van der Waals surface area contributed by atoms with Gasteiger partial charge in [-0.25, -0.2) is 0 Å². The van der Waals surface area contributed by atoms with E-state index in [1.54, 1.807) is 0 Å². The number of hydrogen-bond acceptors (Lipinski definition) is 2. The first-order chi connectivity index (χ1) is 8.09. The first kappa shape index (κ1) is 12.2. The smallest absolute Gasteiger partial charge is 0.165 e. The molecule has 0 radical (unpaired) electrons. The summed E-state index contributed by atoms with van der Waals surface area (Å²) in [5.74, 6) is 0.771. The molecule has 1 aromatic rings. The van der Waals surface area contributed by atoms with E-state index in [9.17, 15) is 9.90 Å². The maximum Gasteiger partial charge on any atom is 0.165 e. The lowest BCUT2D eigenvalue weighted by atomic mass is 9.83. The molecule has 0 spiro atoms. The van der Waals surface area contributed by atoms with E-state index in [2.05, 4.69) is 0 Å². The predicted molar refractivity (Wildman–Crippen MR) is 68.5 cm³/mol. The lowest BCUT2D eigenvalue weighted by molar-refractivity contribution is 0.0889. The van der Waals surface area contributed by atoms with Crippen LogP contribution in [0.25, 0.3) is 0 Å². The van der Waals surface area contributed by atoms with E-state index in [4.69, 9.17) is 0 Å². The van der Waals surface area contributed by atoms with Crippen molar-refractivity contribution in [3.05, 3.63) is 28.8 Å². The van der Waals surface area contributed by atoms with Gasteiger partial charge in [0.2, 0.25) is 0 Å². The first-order valence-electron chi connectivity index (χ1n) is 6.44. The largest absolute Gasteiger partial charge is 0.507 e. The van der Waals surface area contributed by atoms with Crippen LogP contribution < -0.4 is 0 Å². The molecule has 0 unspecified atom stereocenters. The van der Waals surface area contributed by atoms with Crippen molar-refractivity contribution in [1.82, 2.24) is 0 Å². The fourth-order valence-electron chi connectivity index (χ4n) is 2.70. The summed E-state index contributed by atoms with van der Waals surface area (Å²) < 4.78 is 0. The predicted octanol–water partition coefficient (Wildman–Crippen LogP) is 3.77. The van der Waals surface area contributed by atoms with Crippen LogP contribution in [0.2, 0.25) is 0 Å². The second-order valence-corrected chi connectivity index (χ2v) is 5.16. The molecule has 17 heavy (non-hydrogen) atoms. The number of carbonyl (C=O) groups is 1. The number of benzene rings is 1. The van der Waals surface area contributed by atoms with Crippen molar-refractivity contribution in [3.8, 4) is 5.75 Å². The minimum atomic E-state index is 0.201. The minimum absolute atomic E-state index is 0.201. The first-order valence-corrected chi connectivity index (χ1v) is 6.44. The Morgan fingerprint density at radius 2 is 1.65 bits per heavy atom. The number of rotatable bonds is 2. The summed E-state index contributed by atoms with van der Waals surface area (Å²) in [4.78, 5) is 12.3. The molecular formula is C15H20O2. The van der Waals surface area contributed by atoms with E-state index >= 15 is 0 Å². The molecular weight excluding hydrogens is 212 g/mol. The number of phenols is 1. The van der Waals surface area contributed by atoms with E-state index < -0.39 is 0 Å². The molecule has 0 bridgehead atoms. The number of Topliss-reactive ketones (excluding diaryl/α,β-unsaturated/α-hetero) is 1. The Kier molecular flexibility index (Phi) is 3.51. The van der Waals surface area contributed by atoms with Crippen LogP contribution >= 0.6 is 0 Å². The average molecular weight is 232 g/mol. The molecule has 2 nitrogen and oxygen atoms in total. The Labute approximate surface area is 103 Å². The summed E-state index contributed by atoms with van der Waals surface area (Å²) in [5, 5.41) is 9.71. The molecule has 2 heteroatoms. The van der Waals surface area contributed by atoms with E-state index in [0.29, 0.717) is 5.75 Å². The summed E-state index contributed by atoms with van der Waals surface area (Å²) in [6.45, 7) is 3.69. The van der Waals surface area contributed by atoms with Gasteiger partial charge in [0.05, 0.1) is 0 Å². The van der Waals surface area contributed by atoms with Gasteiger partial charge >= 0.3 is 0 Å². The standard InChI is InChI=1S/C15H20O2/c1-10-8-13(9-11(2)14(10)16)15(17)12-6-4-3-5-7-12/h8-9,12,16H,3-7H2,1-2H3. The van der Waals surface area contributed by atoms with E-state index in [0.717, 1.165) is 29.5 Å². The van der Waals surface area contributed by atoms with Gasteiger partial charge in [-0.3, -0.25) is 4.79 Å². The summed E-state index contributed by atoms with van der Waals surface area (Å²) in [6.07, 6.45) is 5.66. The van der Waals surface area contributed by atoms with E-state index in [-0.39, 0.29) is 11.7 Å². The lowest BCUT2D eigenvalue weighted by Crippen LogP contribution is -2.18. The Bertz CT molecular complexity index is 406. The van der Waals surface area contributed by atoms with Crippen LogP contribution in [-0.2, 0) is 0 Å². The van der Waals surface area contributed by atoms with Crippen molar-refractivity contribution in [2.75, 3.05) is 0 Å². The highest BCUT2D eigenvalue weighted by molar-refractivity contribution is 5.98. The summed E-state index contributed by atoms with van der Waals surface area (Å²) in [5.41, 5.74) is 2.36. The van der Waals surface area contributed by atoms with Gasteiger partial charge in [-0.1, -0.05) is 19.3 Å². The maximum atomic E-state index is 12.3. The van der Waals surface area contributed by atoms with E-state index in [1.807, 2.05) is 26.0 Å². The summed E-state index contributed by atoms with van der Waals surface area (Å²) in [6, 6.07) is 3.64. The lowest BCUT2D eigenvalue weighted by Gasteiger charge is -2.20. The third-order valence-electron chi connectivity index (χ3n) is 3.75. The van der Waals surface area contributed by atoms with Gasteiger partial charge in [0.25, 0.3) is 0 Å². The van der Waals surface area contributed by atoms with Crippen LogP contribution in [0.5, 0.6) is 5.75 Å². The molecule has 0 amide bonds. The number of phenolic OH excluding ortho intramolecular Hbond substituents is 1. The molecule has 2 rings (SSSR count). The van der Waals surface area contributed by atoms with Crippen LogP contribution in [0.15, 0.2) is 12.1 Å². The highest BCUT2D eigenvalue weighted by Crippen LogP contribution is 2.29. The van der Waals surface area contributed by atoms with Gasteiger partial charge in [-0.05, 0) is 49.9 Å². The van der Waals surface area contributed by atoms with Crippen molar-refractivity contribution >= 4 is 5.78 Å². The van der Waals surface area contributed by atoms with Crippen LogP contribution in [0, 0.1) is 19.8 Å². The highest BCUT2D eigenvalue weighted by atomic mass is 16.3. The molecule has 0 aliphatic heterocycles. The molecule has 0 atom stereocenters. The van der Waals surface area contributed by atoms with Gasteiger partial charge in [0.1, 0.15) is 5.75 Å².